The van der Waals surface area contributed by atoms with Crippen molar-refractivity contribution < 1.29 is 5.11 Å². The first-order valence-electron chi connectivity index (χ1n) is 4.45. The van der Waals surface area contributed by atoms with E-state index >= 15 is 0 Å². The van der Waals surface area contributed by atoms with Gasteiger partial charge in [0.1, 0.15) is 0 Å². The monoisotopic (exact) mass is 182 g/mol. The normalized spacial score (nSPS) is 9.38. The summed E-state index contributed by atoms with van der Waals surface area (Å²) in [5.41, 5.74) is 1.64. The van der Waals surface area contributed by atoms with Gasteiger partial charge in [-0.2, -0.15) is 10.2 Å². The molecule has 1 aromatic rings. The van der Waals surface area contributed by atoms with E-state index in [0.717, 1.165) is 11.5 Å². The van der Waals surface area contributed by atoms with Gasteiger partial charge in [-0.05, 0) is 24.5 Å². The van der Waals surface area contributed by atoms with Crippen LogP contribution in [0.1, 0.15) is 32.0 Å². The van der Waals surface area contributed by atoms with Gasteiger partial charge in [0.05, 0.1) is 18.5 Å². The van der Waals surface area contributed by atoms with Crippen LogP contribution in [0.4, 0.5) is 0 Å². The van der Waals surface area contributed by atoms with Crippen molar-refractivity contribution in [2.24, 2.45) is 5.92 Å². The van der Waals surface area contributed by atoms with E-state index in [-0.39, 0.29) is 6.61 Å². The zero-order chi connectivity index (χ0) is 10.3. The topological polar surface area (TPSA) is 46.0 Å². The Morgan fingerprint density at radius 3 is 2.23 bits per heavy atom. The number of hydrogen-bond donors (Lipinski definition) is 1. The Morgan fingerprint density at radius 2 is 1.92 bits per heavy atom. The van der Waals surface area contributed by atoms with E-state index in [9.17, 15) is 0 Å². The smallest absolute Gasteiger partial charge is 0.0888 e. The number of aliphatic hydroxyl groups excluding tert-OH is 1. The first kappa shape index (κ1) is 12.0. The maximum absolute atomic E-state index is 8.56. The first-order chi connectivity index (χ1) is 6.06. The van der Waals surface area contributed by atoms with Crippen LogP contribution in [-0.4, -0.2) is 15.3 Å². The van der Waals surface area contributed by atoms with Crippen LogP contribution in [0.3, 0.4) is 0 Å². The second-order valence-electron chi connectivity index (χ2n) is 3.61. The molecular weight excluding hydrogens is 164 g/mol. The largest absolute Gasteiger partial charge is 0.390 e. The lowest BCUT2D eigenvalue weighted by molar-refractivity contribution is 0.275. The Morgan fingerprint density at radius 1 is 1.38 bits per heavy atom. The second kappa shape index (κ2) is 6.54. The minimum absolute atomic E-state index is 0.0331. The van der Waals surface area contributed by atoms with E-state index in [1.165, 1.54) is 0 Å². The SMILES string of the molecule is CC(C)C.Cc1cnnc(CO)c1. The van der Waals surface area contributed by atoms with Gasteiger partial charge in [0.15, 0.2) is 0 Å². The number of nitrogens with zero attached hydrogens (tertiary/aromatic N) is 2. The number of aliphatic hydroxyl groups is 1. The molecule has 0 aromatic carbocycles. The van der Waals surface area contributed by atoms with E-state index in [0.29, 0.717) is 5.69 Å². The molecule has 0 fully saturated rings. The lowest BCUT2D eigenvalue weighted by Crippen LogP contribution is -1.91. The fourth-order valence-corrected chi connectivity index (χ4v) is 0.600. The molecule has 0 amide bonds. The van der Waals surface area contributed by atoms with Gasteiger partial charge in [0.2, 0.25) is 0 Å². The molecule has 0 aliphatic carbocycles. The molecule has 0 atom stereocenters. The van der Waals surface area contributed by atoms with Gasteiger partial charge in [-0.1, -0.05) is 20.8 Å². The van der Waals surface area contributed by atoms with Crippen LogP contribution in [0.15, 0.2) is 12.3 Å². The third-order valence-electron chi connectivity index (χ3n) is 1.00. The highest BCUT2D eigenvalue weighted by Gasteiger charge is 1.90. The number of aromatic nitrogens is 2. The van der Waals surface area contributed by atoms with Gasteiger partial charge in [-0.3, -0.25) is 0 Å². The first-order valence-corrected chi connectivity index (χ1v) is 4.45. The van der Waals surface area contributed by atoms with Gasteiger partial charge in [0.25, 0.3) is 0 Å². The third kappa shape index (κ3) is 7.40. The summed E-state index contributed by atoms with van der Waals surface area (Å²) in [4.78, 5) is 0. The Bertz CT molecular complexity index is 233. The van der Waals surface area contributed by atoms with Crippen LogP contribution in [0.2, 0.25) is 0 Å². The van der Waals surface area contributed by atoms with Crippen molar-refractivity contribution in [3.63, 3.8) is 0 Å². The summed E-state index contributed by atoms with van der Waals surface area (Å²) in [6.45, 7) is 8.38. The van der Waals surface area contributed by atoms with Crippen LogP contribution in [0.5, 0.6) is 0 Å². The van der Waals surface area contributed by atoms with Gasteiger partial charge in [0, 0.05) is 0 Å². The fraction of sp³-hybridized carbons (Fsp3) is 0.600. The highest BCUT2D eigenvalue weighted by molar-refractivity contribution is 5.09. The van der Waals surface area contributed by atoms with Crippen molar-refractivity contribution in [3.05, 3.63) is 23.5 Å². The van der Waals surface area contributed by atoms with Gasteiger partial charge in [-0.25, -0.2) is 0 Å². The Hall–Kier alpha value is -0.960. The van der Waals surface area contributed by atoms with Crippen molar-refractivity contribution in [2.45, 2.75) is 34.3 Å². The summed E-state index contributed by atoms with van der Waals surface area (Å²) in [6, 6.07) is 1.80. The predicted molar refractivity (Wildman–Crippen MR) is 53.2 cm³/mol. The van der Waals surface area contributed by atoms with Crippen molar-refractivity contribution in [3.8, 4) is 0 Å². The summed E-state index contributed by atoms with van der Waals surface area (Å²) in [7, 11) is 0. The molecule has 0 spiro atoms. The van der Waals surface area contributed by atoms with Crippen LogP contribution in [0.25, 0.3) is 0 Å². The van der Waals surface area contributed by atoms with Crippen LogP contribution >= 0.6 is 0 Å². The summed E-state index contributed by atoms with van der Waals surface area (Å²) in [6.07, 6.45) is 1.65. The average Bonchev–Trinajstić information content (AvgIpc) is 2.03. The van der Waals surface area contributed by atoms with Crippen LogP contribution in [0, 0.1) is 12.8 Å². The van der Waals surface area contributed by atoms with Crippen molar-refractivity contribution in [1.82, 2.24) is 10.2 Å². The molecule has 13 heavy (non-hydrogen) atoms. The molecule has 0 saturated heterocycles. The van der Waals surface area contributed by atoms with Crippen molar-refractivity contribution in [1.29, 1.82) is 0 Å². The molecule has 1 heterocycles. The molecule has 0 unspecified atom stereocenters. The molecule has 1 aromatic heterocycles. The Labute approximate surface area is 79.8 Å². The summed E-state index contributed by atoms with van der Waals surface area (Å²) in [5.74, 6) is 0.833. The fourth-order valence-electron chi connectivity index (χ4n) is 0.600. The van der Waals surface area contributed by atoms with Gasteiger partial charge >= 0.3 is 0 Å². The number of rotatable bonds is 1. The van der Waals surface area contributed by atoms with Crippen molar-refractivity contribution >= 4 is 0 Å². The number of hydrogen-bond acceptors (Lipinski definition) is 3. The molecular formula is C10H18N2O. The molecule has 3 heteroatoms. The maximum atomic E-state index is 8.56. The highest BCUT2D eigenvalue weighted by atomic mass is 16.3. The lowest BCUT2D eigenvalue weighted by atomic mass is 10.3. The molecule has 74 valence electrons. The predicted octanol–water partition coefficient (Wildman–Crippen LogP) is 1.94. The highest BCUT2D eigenvalue weighted by Crippen LogP contribution is 1.95. The number of aryl methyl sites for hydroxylation is 1. The third-order valence-corrected chi connectivity index (χ3v) is 1.00. The molecule has 0 radical (unpaired) electrons. The van der Waals surface area contributed by atoms with E-state index < -0.39 is 0 Å². The van der Waals surface area contributed by atoms with E-state index in [4.69, 9.17) is 5.11 Å². The van der Waals surface area contributed by atoms with Gasteiger partial charge < -0.3 is 5.11 Å². The molecule has 3 nitrogen and oxygen atoms in total. The summed E-state index contributed by atoms with van der Waals surface area (Å²) < 4.78 is 0. The van der Waals surface area contributed by atoms with Gasteiger partial charge in [-0.15, -0.1) is 0 Å². The molecule has 1 rings (SSSR count). The van der Waals surface area contributed by atoms with Crippen molar-refractivity contribution in [2.75, 3.05) is 0 Å². The van der Waals surface area contributed by atoms with E-state index in [1.807, 2.05) is 6.92 Å². The summed E-state index contributed by atoms with van der Waals surface area (Å²) in [5, 5.41) is 15.9. The standard InChI is InChI=1S/C6H8N2O.C4H10/c1-5-2-6(4-9)8-7-3-5;1-4(2)3/h2-3,9H,4H2,1H3;4H,1-3H3. The quantitative estimate of drug-likeness (QED) is 0.722. The van der Waals surface area contributed by atoms with Crippen LogP contribution in [-0.2, 0) is 6.61 Å². The van der Waals surface area contributed by atoms with Crippen LogP contribution < -0.4 is 0 Å². The molecule has 0 saturated carbocycles. The summed E-state index contributed by atoms with van der Waals surface area (Å²) >= 11 is 0. The Balaban J connectivity index is 0.000000310. The Kier molecular flexibility index (Phi) is 6.06. The van der Waals surface area contributed by atoms with E-state index in [1.54, 1.807) is 12.3 Å². The zero-order valence-electron chi connectivity index (χ0n) is 8.78. The second-order valence-corrected chi connectivity index (χ2v) is 3.61. The lowest BCUT2D eigenvalue weighted by Gasteiger charge is -1.92. The minimum Gasteiger partial charge on any atom is -0.390 e. The molecule has 0 aliphatic heterocycles. The molecule has 1 N–H and O–H groups in total. The molecule has 0 bridgehead atoms. The minimum atomic E-state index is -0.0331. The molecule has 0 aliphatic rings. The average molecular weight is 182 g/mol. The maximum Gasteiger partial charge on any atom is 0.0888 e. The zero-order valence-corrected chi connectivity index (χ0v) is 8.78. The van der Waals surface area contributed by atoms with E-state index in [2.05, 4.69) is 31.0 Å².